The second-order valence-electron chi connectivity index (χ2n) is 4.48. The van der Waals surface area contributed by atoms with E-state index in [-0.39, 0.29) is 5.91 Å². The van der Waals surface area contributed by atoms with E-state index >= 15 is 0 Å². The smallest absolute Gasteiger partial charge is 0.266 e. The molecule has 0 aliphatic heterocycles. The predicted octanol–water partition coefficient (Wildman–Crippen LogP) is 3.35. The van der Waals surface area contributed by atoms with E-state index in [9.17, 15) is 4.79 Å². The van der Waals surface area contributed by atoms with Gasteiger partial charge in [0.2, 0.25) is 0 Å². The first-order chi connectivity index (χ1) is 9.45. The van der Waals surface area contributed by atoms with Crippen molar-refractivity contribution < 1.29 is 14.1 Å². The summed E-state index contributed by atoms with van der Waals surface area (Å²) in [5.74, 6) is 1.29. The zero-order valence-corrected chi connectivity index (χ0v) is 12.2. The Labute approximate surface area is 121 Å². The number of nitrogens with one attached hydrogen (secondary N) is 1. The lowest BCUT2D eigenvalue weighted by Crippen LogP contribution is -2.30. The lowest BCUT2D eigenvalue weighted by molar-refractivity contribution is -0.122. The van der Waals surface area contributed by atoms with Crippen LogP contribution in [0.15, 0.2) is 28.8 Å². The van der Waals surface area contributed by atoms with Crippen LogP contribution in [-0.4, -0.2) is 17.2 Å². The van der Waals surface area contributed by atoms with Crippen molar-refractivity contribution in [1.29, 1.82) is 0 Å². The fourth-order valence-electron chi connectivity index (χ4n) is 1.60. The maximum atomic E-state index is 11.9. The number of ether oxygens (including phenoxy) is 1. The molecule has 20 heavy (non-hydrogen) atoms. The maximum absolute atomic E-state index is 11.9. The van der Waals surface area contributed by atoms with Crippen LogP contribution in [0.1, 0.15) is 18.2 Å². The summed E-state index contributed by atoms with van der Waals surface area (Å²) in [5.41, 5.74) is 0.893. The van der Waals surface area contributed by atoms with Crippen LogP contribution in [0.2, 0.25) is 5.02 Å². The largest absolute Gasteiger partial charge is 0.481 e. The van der Waals surface area contributed by atoms with Gasteiger partial charge in [0.05, 0.1) is 0 Å². The van der Waals surface area contributed by atoms with Crippen molar-refractivity contribution in [1.82, 2.24) is 5.16 Å². The highest BCUT2D eigenvalue weighted by atomic mass is 35.5. The first-order valence-electron chi connectivity index (χ1n) is 6.12. The third-order valence-electron chi connectivity index (χ3n) is 2.69. The molecular weight excluding hydrogens is 280 g/mol. The summed E-state index contributed by atoms with van der Waals surface area (Å²) in [7, 11) is 0. The molecule has 1 amide bonds. The molecule has 0 saturated heterocycles. The van der Waals surface area contributed by atoms with Crippen molar-refractivity contribution in [2.75, 3.05) is 5.32 Å². The number of hydrogen-bond acceptors (Lipinski definition) is 4. The number of amides is 1. The molecular formula is C14H15ClN2O3. The number of benzene rings is 1. The van der Waals surface area contributed by atoms with Crippen LogP contribution in [0, 0.1) is 13.8 Å². The van der Waals surface area contributed by atoms with Gasteiger partial charge in [0.15, 0.2) is 11.9 Å². The Balaban J connectivity index is 1.98. The van der Waals surface area contributed by atoms with Crippen LogP contribution >= 0.6 is 11.6 Å². The number of anilines is 1. The van der Waals surface area contributed by atoms with E-state index in [1.807, 2.05) is 6.92 Å². The summed E-state index contributed by atoms with van der Waals surface area (Å²) in [6.45, 7) is 5.28. The van der Waals surface area contributed by atoms with Gasteiger partial charge in [0, 0.05) is 11.1 Å². The number of nitrogens with zero attached hydrogens (tertiary/aromatic N) is 1. The topological polar surface area (TPSA) is 64.4 Å². The molecule has 1 aromatic carbocycles. The lowest BCUT2D eigenvalue weighted by Gasteiger charge is -2.14. The van der Waals surface area contributed by atoms with Crippen molar-refractivity contribution in [3.63, 3.8) is 0 Å². The minimum atomic E-state index is -0.660. The third-order valence-corrected chi connectivity index (χ3v) is 3.11. The summed E-state index contributed by atoms with van der Waals surface area (Å²) in [5, 5.41) is 6.96. The molecule has 6 heteroatoms. The number of halogens is 1. The van der Waals surface area contributed by atoms with Crippen LogP contribution < -0.4 is 10.1 Å². The van der Waals surface area contributed by atoms with E-state index in [1.54, 1.807) is 38.1 Å². The minimum absolute atomic E-state index is 0.300. The van der Waals surface area contributed by atoms with E-state index in [1.165, 1.54) is 0 Å². The molecule has 0 radical (unpaired) electrons. The van der Waals surface area contributed by atoms with Gasteiger partial charge in [0.1, 0.15) is 11.5 Å². The lowest BCUT2D eigenvalue weighted by atomic mass is 10.2. The van der Waals surface area contributed by atoms with Gasteiger partial charge < -0.3 is 14.6 Å². The normalized spacial score (nSPS) is 12.0. The second-order valence-corrected chi connectivity index (χ2v) is 4.89. The van der Waals surface area contributed by atoms with E-state index in [0.717, 1.165) is 5.56 Å². The fourth-order valence-corrected chi connectivity index (χ4v) is 1.72. The number of hydrogen-bond donors (Lipinski definition) is 1. The molecule has 106 valence electrons. The second kappa shape index (κ2) is 5.96. The zero-order chi connectivity index (χ0) is 14.7. The molecule has 1 aromatic heterocycles. The summed E-state index contributed by atoms with van der Waals surface area (Å²) in [4.78, 5) is 11.9. The van der Waals surface area contributed by atoms with Crippen LogP contribution in [0.4, 0.5) is 5.82 Å². The minimum Gasteiger partial charge on any atom is -0.481 e. The highest BCUT2D eigenvalue weighted by Crippen LogP contribution is 2.22. The highest BCUT2D eigenvalue weighted by molar-refractivity contribution is 6.31. The van der Waals surface area contributed by atoms with Crippen LogP contribution in [0.25, 0.3) is 0 Å². The average molecular weight is 295 g/mol. The highest BCUT2D eigenvalue weighted by Gasteiger charge is 2.16. The van der Waals surface area contributed by atoms with Crippen molar-refractivity contribution in [2.45, 2.75) is 26.9 Å². The molecule has 1 atom stereocenters. The zero-order valence-electron chi connectivity index (χ0n) is 11.4. The fraction of sp³-hybridized carbons (Fsp3) is 0.286. The standard InChI is InChI=1S/C14H15ClN2O3/c1-8-6-11(4-5-12(8)15)19-10(3)14(18)16-13-7-9(2)20-17-13/h4-7,10H,1-3H3,(H,16,17,18)/t10-/m1/s1. The Morgan fingerprint density at radius 3 is 2.75 bits per heavy atom. The van der Waals surface area contributed by atoms with Crippen molar-refractivity contribution >= 4 is 23.3 Å². The first-order valence-corrected chi connectivity index (χ1v) is 6.50. The van der Waals surface area contributed by atoms with Gasteiger partial charge in [-0.05, 0) is 44.5 Å². The number of carbonyl (C=O) groups excluding carboxylic acids is 1. The molecule has 0 aliphatic rings. The predicted molar refractivity (Wildman–Crippen MR) is 76.1 cm³/mol. The van der Waals surface area contributed by atoms with E-state index < -0.39 is 6.10 Å². The summed E-state index contributed by atoms with van der Waals surface area (Å²) in [6.07, 6.45) is -0.660. The molecule has 0 fully saturated rings. The Hall–Kier alpha value is -2.01. The molecule has 0 saturated carbocycles. The van der Waals surface area contributed by atoms with Crippen molar-refractivity contribution in [2.24, 2.45) is 0 Å². The Kier molecular flexibility index (Phi) is 4.29. The van der Waals surface area contributed by atoms with Gasteiger partial charge in [-0.15, -0.1) is 0 Å². The summed E-state index contributed by atoms with van der Waals surface area (Å²) in [6, 6.07) is 6.88. The van der Waals surface area contributed by atoms with Gasteiger partial charge >= 0.3 is 0 Å². The van der Waals surface area contributed by atoms with E-state index in [0.29, 0.717) is 22.4 Å². The van der Waals surface area contributed by atoms with Crippen LogP contribution in [0.5, 0.6) is 5.75 Å². The monoisotopic (exact) mass is 294 g/mol. The Morgan fingerprint density at radius 2 is 2.15 bits per heavy atom. The van der Waals surface area contributed by atoms with Gasteiger partial charge in [-0.2, -0.15) is 0 Å². The number of aromatic nitrogens is 1. The number of carbonyl (C=O) groups is 1. The molecule has 0 unspecified atom stereocenters. The quantitative estimate of drug-likeness (QED) is 0.939. The van der Waals surface area contributed by atoms with Gasteiger partial charge in [-0.3, -0.25) is 4.79 Å². The van der Waals surface area contributed by atoms with Crippen molar-refractivity contribution in [3.05, 3.63) is 40.6 Å². The molecule has 2 rings (SSSR count). The molecule has 1 N–H and O–H groups in total. The van der Waals surface area contributed by atoms with E-state index in [2.05, 4.69) is 10.5 Å². The average Bonchev–Trinajstić information content (AvgIpc) is 2.79. The first kappa shape index (κ1) is 14.4. The molecule has 0 bridgehead atoms. The van der Waals surface area contributed by atoms with Gasteiger partial charge in [0.25, 0.3) is 5.91 Å². The summed E-state index contributed by atoms with van der Waals surface area (Å²) < 4.78 is 10.4. The molecule has 0 aliphatic carbocycles. The SMILES string of the molecule is Cc1cc(NC(=O)[C@@H](C)Oc2ccc(Cl)c(C)c2)no1. The van der Waals surface area contributed by atoms with E-state index in [4.69, 9.17) is 20.9 Å². The van der Waals surface area contributed by atoms with Crippen LogP contribution in [0.3, 0.4) is 0 Å². The van der Waals surface area contributed by atoms with Crippen molar-refractivity contribution in [3.8, 4) is 5.75 Å². The van der Waals surface area contributed by atoms with Crippen LogP contribution in [-0.2, 0) is 4.79 Å². The number of rotatable bonds is 4. The molecule has 0 spiro atoms. The Bertz CT molecular complexity index is 625. The summed E-state index contributed by atoms with van der Waals surface area (Å²) >= 11 is 5.94. The third kappa shape index (κ3) is 3.51. The number of aryl methyl sites for hydroxylation is 2. The van der Waals surface area contributed by atoms with Gasteiger partial charge in [-0.1, -0.05) is 16.8 Å². The molecule has 1 heterocycles. The molecule has 5 nitrogen and oxygen atoms in total. The maximum Gasteiger partial charge on any atom is 0.266 e. The Morgan fingerprint density at radius 1 is 1.40 bits per heavy atom. The molecule has 2 aromatic rings. The van der Waals surface area contributed by atoms with Gasteiger partial charge in [-0.25, -0.2) is 0 Å².